The molecule has 0 fully saturated rings. The molecule has 0 unspecified atom stereocenters. The van der Waals surface area contributed by atoms with Crippen molar-refractivity contribution in [3.8, 4) is 6.07 Å². The summed E-state index contributed by atoms with van der Waals surface area (Å²) in [6, 6.07) is 9.11. The zero-order valence-electron chi connectivity index (χ0n) is 13.4. The lowest BCUT2D eigenvalue weighted by Gasteiger charge is -2.11. The number of halogens is 5. The first-order valence-corrected chi connectivity index (χ1v) is 7.97. The largest absolute Gasteiger partial charge is 0.417 e. The number of nitrogen functional groups attached to an aromatic ring is 1. The first-order chi connectivity index (χ1) is 12.6. The Bertz CT molecular complexity index is 952. The minimum absolute atomic E-state index is 0.00260. The Hall–Kier alpha value is -2.89. The Morgan fingerprint density at radius 3 is 2.37 bits per heavy atom. The van der Waals surface area contributed by atoms with Crippen LogP contribution in [0.15, 0.2) is 48.2 Å². The van der Waals surface area contributed by atoms with Crippen LogP contribution in [0.1, 0.15) is 5.56 Å². The summed E-state index contributed by atoms with van der Waals surface area (Å²) in [5, 5.41) is 13.8. The molecular formula is C17H11Cl2F3N4O. The number of hydrogen-bond acceptors (Lipinski definition) is 4. The highest BCUT2D eigenvalue weighted by Crippen LogP contribution is 2.36. The third kappa shape index (κ3) is 5.29. The molecule has 0 bridgehead atoms. The van der Waals surface area contributed by atoms with Gasteiger partial charge in [-0.3, -0.25) is 4.79 Å². The molecule has 0 spiro atoms. The molecule has 0 aliphatic rings. The Balaban J connectivity index is 2.17. The molecule has 0 radical (unpaired) electrons. The van der Waals surface area contributed by atoms with Gasteiger partial charge in [-0.2, -0.15) is 18.4 Å². The van der Waals surface area contributed by atoms with Gasteiger partial charge < -0.3 is 16.4 Å². The average molecular weight is 415 g/mol. The third-order valence-electron chi connectivity index (χ3n) is 3.28. The highest BCUT2D eigenvalue weighted by molar-refractivity contribution is 6.33. The van der Waals surface area contributed by atoms with E-state index in [2.05, 4.69) is 10.6 Å². The van der Waals surface area contributed by atoms with Gasteiger partial charge >= 0.3 is 6.18 Å². The molecule has 10 heteroatoms. The molecule has 1 amide bonds. The van der Waals surface area contributed by atoms with Crippen LogP contribution in [0.25, 0.3) is 0 Å². The van der Waals surface area contributed by atoms with Crippen LogP contribution in [0, 0.1) is 11.3 Å². The summed E-state index contributed by atoms with van der Waals surface area (Å²) in [6.45, 7) is 0. The maximum atomic E-state index is 12.9. The van der Waals surface area contributed by atoms with E-state index in [1.807, 2.05) is 0 Å². The van der Waals surface area contributed by atoms with Crippen molar-refractivity contribution in [1.82, 2.24) is 0 Å². The molecule has 2 rings (SSSR count). The van der Waals surface area contributed by atoms with E-state index < -0.39 is 22.7 Å². The fraction of sp³-hybridized carbons (Fsp3) is 0.0588. The van der Waals surface area contributed by atoms with Crippen molar-refractivity contribution in [2.75, 3.05) is 16.4 Å². The normalized spacial score (nSPS) is 11.6. The average Bonchev–Trinajstić information content (AvgIpc) is 2.59. The number of nitriles is 1. The number of nitrogens with zero attached hydrogens (tertiary/aromatic N) is 1. The summed E-state index contributed by atoms with van der Waals surface area (Å²) >= 11 is 11.4. The topological polar surface area (TPSA) is 90.9 Å². The smallest absolute Gasteiger partial charge is 0.398 e. The van der Waals surface area contributed by atoms with Gasteiger partial charge in [-0.25, -0.2) is 0 Å². The number of amides is 1. The molecule has 27 heavy (non-hydrogen) atoms. The molecular weight excluding hydrogens is 404 g/mol. The fourth-order valence-corrected chi connectivity index (χ4v) is 2.34. The number of carbonyl (C=O) groups is 1. The van der Waals surface area contributed by atoms with Crippen LogP contribution in [0.3, 0.4) is 0 Å². The van der Waals surface area contributed by atoms with E-state index in [1.54, 1.807) is 6.07 Å². The first-order valence-electron chi connectivity index (χ1n) is 7.21. The van der Waals surface area contributed by atoms with E-state index in [1.165, 1.54) is 24.3 Å². The van der Waals surface area contributed by atoms with Gasteiger partial charge in [0.15, 0.2) is 0 Å². The number of carbonyl (C=O) groups excluding carboxylic acids is 1. The molecule has 0 aromatic heterocycles. The number of hydrogen-bond donors (Lipinski definition) is 3. The molecule has 2 aromatic carbocycles. The zero-order valence-corrected chi connectivity index (χ0v) is 14.9. The van der Waals surface area contributed by atoms with Crippen LogP contribution in [-0.4, -0.2) is 5.91 Å². The lowest BCUT2D eigenvalue weighted by atomic mass is 10.2. The lowest BCUT2D eigenvalue weighted by Crippen LogP contribution is -2.14. The molecule has 2 aromatic rings. The standard InChI is InChI=1S/C17H11Cl2F3N4O/c18-13-3-1-10(5-12(13)17(20,21)22)25-8-9(7-23)16(27)26-11-2-4-15(24)14(19)6-11/h1-6,8,25H,24H2,(H,26,27)/b9-8-. The van der Waals surface area contributed by atoms with Gasteiger partial charge in [0.1, 0.15) is 11.6 Å². The summed E-state index contributed by atoms with van der Waals surface area (Å²) in [6.07, 6.45) is -3.65. The molecule has 0 saturated carbocycles. The SMILES string of the molecule is N#C/C(=C/Nc1ccc(Cl)c(C(F)(F)F)c1)C(=O)Nc1ccc(N)c(Cl)c1. The Morgan fingerprint density at radius 2 is 1.78 bits per heavy atom. The number of anilines is 3. The number of benzene rings is 2. The molecule has 0 heterocycles. The van der Waals surface area contributed by atoms with Gasteiger partial charge in [0, 0.05) is 17.6 Å². The monoisotopic (exact) mass is 414 g/mol. The highest BCUT2D eigenvalue weighted by Gasteiger charge is 2.33. The van der Waals surface area contributed by atoms with Gasteiger partial charge in [0.2, 0.25) is 0 Å². The van der Waals surface area contributed by atoms with Crippen molar-refractivity contribution in [2.24, 2.45) is 0 Å². The second-order valence-electron chi connectivity index (χ2n) is 5.20. The Morgan fingerprint density at radius 1 is 1.11 bits per heavy atom. The van der Waals surface area contributed by atoms with Crippen molar-refractivity contribution in [3.05, 3.63) is 63.8 Å². The van der Waals surface area contributed by atoms with Crippen LogP contribution >= 0.6 is 23.2 Å². The van der Waals surface area contributed by atoms with Crippen LogP contribution in [0.4, 0.5) is 30.2 Å². The Labute approximate surface area is 162 Å². The summed E-state index contributed by atoms with van der Waals surface area (Å²) in [4.78, 5) is 12.1. The first kappa shape index (κ1) is 20.4. The van der Waals surface area contributed by atoms with Crippen LogP contribution < -0.4 is 16.4 Å². The van der Waals surface area contributed by atoms with E-state index in [-0.39, 0.29) is 16.3 Å². The van der Waals surface area contributed by atoms with Crippen molar-refractivity contribution >= 4 is 46.2 Å². The second-order valence-corrected chi connectivity index (χ2v) is 6.01. The predicted molar refractivity (Wildman–Crippen MR) is 98.3 cm³/mol. The highest BCUT2D eigenvalue weighted by atomic mass is 35.5. The number of rotatable bonds is 4. The van der Waals surface area contributed by atoms with Gasteiger partial charge in [-0.1, -0.05) is 23.2 Å². The number of alkyl halides is 3. The van der Waals surface area contributed by atoms with Gasteiger partial charge in [0.25, 0.3) is 5.91 Å². The molecule has 0 aliphatic heterocycles. The maximum Gasteiger partial charge on any atom is 0.417 e. The van der Waals surface area contributed by atoms with Gasteiger partial charge in [0.05, 0.1) is 21.3 Å². The predicted octanol–water partition coefficient (Wildman–Crippen LogP) is 5.05. The minimum atomic E-state index is -4.64. The van der Waals surface area contributed by atoms with Crippen molar-refractivity contribution in [2.45, 2.75) is 6.18 Å². The van der Waals surface area contributed by atoms with Gasteiger partial charge in [-0.15, -0.1) is 0 Å². The molecule has 0 atom stereocenters. The third-order valence-corrected chi connectivity index (χ3v) is 3.94. The van der Waals surface area contributed by atoms with Crippen molar-refractivity contribution < 1.29 is 18.0 Å². The zero-order chi connectivity index (χ0) is 20.2. The summed E-state index contributed by atoms with van der Waals surface area (Å²) in [5.74, 6) is -0.782. The maximum absolute atomic E-state index is 12.9. The lowest BCUT2D eigenvalue weighted by molar-refractivity contribution is -0.137. The van der Waals surface area contributed by atoms with E-state index in [0.717, 1.165) is 18.3 Å². The number of nitrogens with one attached hydrogen (secondary N) is 2. The minimum Gasteiger partial charge on any atom is -0.398 e. The fourth-order valence-electron chi connectivity index (χ4n) is 1.94. The summed E-state index contributed by atoms with van der Waals surface area (Å²) in [5.41, 5.74) is 4.77. The Kier molecular flexibility index (Phi) is 6.20. The van der Waals surface area contributed by atoms with Crippen LogP contribution in [0.2, 0.25) is 10.0 Å². The van der Waals surface area contributed by atoms with E-state index >= 15 is 0 Å². The van der Waals surface area contributed by atoms with E-state index in [4.69, 9.17) is 34.2 Å². The van der Waals surface area contributed by atoms with Gasteiger partial charge in [-0.05, 0) is 36.4 Å². The second kappa shape index (κ2) is 8.20. The van der Waals surface area contributed by atoms with Crippen LogP contribution in [-0.2, 0) is 11.0 Å². The van der Waals surface area contributed by atoms with Crippen molar-refractivity contribution in [1.29, 1.82) is 5.26 Å². The quantitative estimate of drug-likeness (QED) is 0.370. The molecule has 0 aliphatic carbocycles. The summed E-state index contributed by atoms with van der Waals surface area (Å²) < 4.78 is 38.6. The van der Waals surface area contributed by atoms with E-state index in [0.29, 0.717) is 11.4 Å². The van der Waals surface area contributed by atoms with E-state index in [9.17, 15) is 18.0 Å². The molecule has 140 valence electrons. The van der Waals surface area contributed by atoms with Crippen molar-refractivity contribution in [3.63, 3.8) is 0 Å². The van der Waals surface area contributed by atoms with Crippen LogP contribution in [0.5, 0.6) is 0 Å². The molecule has 0 saturated heterocycles. The molecule has 4 N–H and O–H groups in total. The molecule has 5 nitrogen and oxygen atoms in total. The number of nitrogens with two attached hydrogens (primary N) is 1. The summed E-state index contributed by atoms with van der Waals surface area (Å²) in [7, 11) is 0.